The molecule has 19 heavy (non-hydrogen) atoms. The number of nitrogens with two attached hydrogens (primary N) is 1. The molecule has 108 valence electrons. The van der Waals surface area contributed by atoms with Crippen LogP contribution < -0.4 is 5.73 Å². The second-order valence-corrected chi connectivity index (χ2v) is 5.47. The van der Waals surface area contributed by atoms with Crippen molar-refractivity contribution < 1.29 is 5.11 Å². The molecule has 0 heterocycles. The highest BCUT2D eigenvalue weighted by molar-refractivity contribution is 6.30. The Balaban J connectivity index is 2.24. The Kier molecular flexibility index (Phi) is 8.07. The van der Waals surface area contributed by atoms with Crippen molar-refractivity contribution in [1.29, 1.82) is 0 Å². The molecule has 0 fully saturated rings. The van der Waals surface area contributed by atoms with E-state index in [0.29, 0.717) is 6.61 Å². The van der Waals surface area contributed by atoms with E-state index in [0.717, 1.165) is 49.4 Å². The number of benzene rings is 1. The Morgan fingerprint density at radius 1 is 1.26 bits per heavy atom. The third-order valence-electron chi connectivity index (χ3n) is 3.30. The van der Waals surface area contributed by atoms with Crippen LogP contribution in [-0.4, -0.2) is 36.8 Å². The number of halogens is 1. The molecule has 1 aromatic carbocycles. The van der Waals surface area contributed by atoms with Crippen LogP contribution in [0.25, 0.3) is 0 Å². The SMILES string of the molecule is CN(CCCCCO)CCC(N)c1cccc(Cl)c1. The van der Waals surface area contributed by atoms with Gasteiger partial charge in [-0.3, -0.25) is 0 Å². The lowest BCUT2D eigenvalue weighted by molar-refractivity contribution is 0.270. The van der Waals surface area contributed by atoms with Gasteiger partial charge in [0, 0.05) is 17.7 Å². The summed E-state index contributed by atoms with van der Waals surface area (Å²) in [5.41, 5.74) is 7.27. The van der Waals surface area contributed by atoms with Gasteiger partial charge in [-0.15, -0.1) is 0 Å². The van der Waals surface area contributed by atoms with E-state index in [2.05, 4.69) is 11.9 Å². The van der Waals surface area contributed by atoms with Crippen LogP contribution in [0.5, 0.6) is 0 Å². The zero-order valence-electron chi connectivity index (χ0n) is 11.7. The van der Waals surface area contributed by atoms with Crippen LogP contribution in [0.2, 0.25) is 5.02 Å². The molecule has 0 amide bonds. The minimum Gasteiger partial charge on any atom is -0.396 e. The van der Waals surface area contributed by atoms with Crippen molar-refractivity contribution in [1.82, 2.24) is 4.90 Å². The van der Waals surface area contributed by atoms with Gasteiger partial charge in [0.05, 0.1) is 0 Å². The number of aliphatic hydroxyl groups is 1. The molecule has 3 N–H and O–H groups in total. The van der Waals surface area contributed by atoms with Gasteiger partial charge in [-0.1, -0.05) is 23.7 Å². The van der Waals surface area contributed by atoms with E-state index in [-0.39, 0.29) is 6.04 Å². The largest absolute Gasteiger partial charge is 0.396 e. The summed E-state index contributed by atoms with van der Waals surface area (Å²) in [5.74, 6) is 0. The molecule has 3 nitrogen and oxygen atoms in total. The molecule has 1 atom stereocenters. The molecule has 1 aromatic rings. The Hall–Kier alpha value is -0.610. The molecule has 1 unspecified atom stereocenters. The number of nitrogens with zero attached hydrogens (tertiary/aromatic N) is 1. The van der Waals surface area contributed by atoms with Crippen molar-refractivity contribution in [3.05, 3.63) is 34.9 Å². The lowest BCUT2D eigenvalue weighted by Gasteiger charge is -2.19. The normalized spacial score (nSPS) is 12.9. The molecule has 0 saturated carbocycles. The number of hydrogen-bond donors (Lipinski definition) is 2. The van der Waals surface area contributed by atoms with Crippen LogP contribution in [0.3, 0.4) is 0 Å². The van der Waals surface area contributed by atoms with Crippen LogP contribution in [0, 0.1) is 0 Å². The predicted molar refractivity (Wildman–Crippen MR) is 81.4 cm³/mol. The summed E-state index contributed by atoms with van der Waals surface area (Å²) in [5, 5.41) is 9.46. The van der Waals surface area contributed by atoms with Crippen molar-refractivity contribution in [3.8, 4) is 0 Å². The van der Waals surface area contributed by atoms with Crippen molar-refractivity contribution in [2.24, 2.45) is 5.73 Å². The van der Waals surface area contributed by atoms with Crippen molar-refractivity contribution >= 4 is 11.6 Å². The van der Waals surface area contributed by atoms with Crippen LogP contribution >= 0.6 is 11.6 Å². The molecule has 0 aliphatic rings. The van der Waals surface area contributed by atoms with Crippen molar-refractivity contribution in [2.45, 2.75) is 31.7 Å². The molecule has 0 spiro atoms. The summed E-state index contributed by atoms with van der Waals surface area (Å²) in [4.78, 5) is 2.29. The highest BCUT2D eigenvalue weighted by Crippen LogP contribution is 2.18. The number of aliphatic hydroxyl groups excluding tert-OH is 1. The Morgan fingerprint density at radius 3 is 2.74 bits per heavy atom. The van der Waals surface area contributed by atoms with E-state index in [1.54, 1.807) is 0 Å². The van der Waals surface area contributed by atoms with Crippen molar-refractivity contribution in [3.63, 3.8) is 0 Å². The van der Waals surface area contributed by atoms with Crippen LogP contribution in [0.15, 0.2) is 24.3 Å². The summed E-state index contributed by atoms with van der Waals surface area (Å²) in [7, 11) is 2.11. The average molecular weight is 285 g/mol. The van der Waals surface area contributed by atoms with Gasteiger partial charge in [-0.05, 0) is 63.5 Å². The molecule has 0 saturated heterocycles. The van der Waals surface area contributed by atoms with Gasteiger partial charge in [0.15, 0.2) is 0 Å². The summed E-state index contributed by atoms with van der Waals surface area (Å²) in [6.45, 7) is 2.33. The third-order valence-corrected chi connectivity index (χ3v) is 3.53. The van der Waals surface area contributed by atoms with Crippen molar-refractivity contribution in [2.75, 3.05) is 26.7 Å². The Morgan fingerprint density at radius 2 is 2.05 bits per heavy atom. The quantitative estimate of drug-likeness (QED) is 0.686. The van der Waals surface area contributed by atoms with Gasteiger partial charge in [0.2, 0.25) is 0 Å². The first-order valence-corrected chi connectivity index (χ1v) is 7.31. The van der Waals surface area contributed by atoms with E-state index >= 15 is 0 Å². The maximum absolute atomic E-state index is 8.72. The maximum Gasteiger partial charge on any atom is 0.0431 e. The third kappa shape index (κ3) is 6.92. The second-order valence-electron chi connectivity index (χ2n) is 5.04. The topological polar surface area (TPSA) is 49.5 Å². The van der Waals surface area contributed by atoms with Gasteiger partial charge >= 0.3 is 0 Å². The van der Waals surface area contributed by atoms with Gasteiger partial charge < -0.3 is 15.7 Å². The second kappa shape index (κ2) is 9.32. The van der Waals surface area contributed by atoms with E-state index in [1.807, 2.05) is 24.3 Å². The summed E-state index contributed by atoms with van der Waals surface area (Å²) >= 11 is 5.96. The standard InChI is InChI=1S/C15H25ClN2O/c1-18(9-3-2-4-11-19)10-8-15(17)13-6-5-7-14(16)12-13/h5-7,12,15,19H,2-4,8-11,17H2,1H3. The van der Waals surface area contributed by atoms with Gasteiger partial charge in [-0.25, -0.2) is 0 Å². The zero-order valence-corrected chi connectivity index (χ0v) is 12.4. The Bertz CT molecular complexity index is 360. The molecule has 0 aliphatic carbocycles. The molecule has 1 rings (SSSR count). The molecule has 0 aliphatic heterocycles. The lowest BCUT2D eigenvalue weighted by Crippen LogP contribution is -2.24. The zero-order chi connectivity index (χ0) is 14.1. The average Bonchev–Trinajstić information content (AvgIpc) is 2.41. The van der Waals surface area contributed by atoms with Gasteiger partial charge in [-0.2, -0.15) is 0 Å². The fourth-order valence-corrected chi connectivity index (χ4v) is 2.24. The fourth-order valence-electron chi connectivity index (χ4n) is 2.05. The maximum atomic E-state index is 8.72. The van der Waals surface area contributed by atoms with Gasteiger partial charge in [0.1, 0.15) is 0 Å². The first-order chi connectivity index (χ1) is 9.13. The van der Waals surface area contributed by atoms with Crippen LogP contribution in [0.4, 0.5) is 0 Å². The summed E-state index contributed by atoms with van der Waals surface area (Å²) < 4.78 is 0. The smallest absolute Gasteiger partial charge is 0.0431 e. The van der Waals surface area contributed by atoms with E-state index in [4.69, 9.17) is 22.4 Å². The molecule has 0 radical (unpaired) electrons. The minimum absolute atomic E-state index is 0.0404. The molecular formula is C15H25ClN2O. The van der Waals surface area contributed by atoms with Gasteiger partial charge in [0.25, 0.3) is 0 Å². The van der Waals surface area contributed by atoms with E-state index < -0.39 is 0 Å². The lowest BCUT2D eigenvalue weighted by atomic mass is 10.0. The molecule has 0 bridgehead atoms. The number of hydrogen-bond acceptors (Lipinski definition) is 3. The van der Waals surface area contributed by atoms with E-state index in [1.165, 1.54) is 0 Å². The summed E-state index contributed by atoms with van der Waals surface area (Å²) in [6, 6.07) is 7.81. The number of unbranched alkanes of at least 4 members (excludes halogenated alkanes) is 2. The van der Waals surface area contributed by atoms with Crippen LogP contribution in [-0.2, 0) is 0 Å². The highest BCUT2D eigenvalue weighted by atomic mass is 35.5. The van der Waals surface area contributed by atoms with E-state index in [9.17, 15) is 0 Å². The first-order valence-electron chi connectivity index (χ1n) is 6.94. The monoisotopic (exact) mass is 284 g/mol. The molecular weight excluding hydrogens is 260 g/mol. The fraction of sp³-hybridized carbons (Fsp3) is 0.600. The Labute approximate surface area is 121 Å². The first kappa shape index (κ1) is 16.4. The minimum atomic E-state index is 0.0404. The highest BCUT2D eigenvalue weighted by Gasteiger charge is 2.08. The molecule has 0 aromatic heterocycles. The predicted octanol–water partition coefficient (Wildman–Crippen LogP) is 2.82. The number of rotatable bonds is 9. The van der Waals surface area contributed by atoms with Crippen LogP contribution in [0.1, 0.15) is 37.3 Å². The molecule has 4 heteroatoms. The summed E-state index contributed by atoms with van der Waals surface area (Å²) in [6.07, 6.45) is 4.04.